The summed E-state index contributed by atoms with van der Waals surface area (Å²) in [5.41, 5.74) is 1.27. The molecule has 0 bridgehead atoms. The maximum atomic E-state index is 12.3. The number of hydrogen-bond donors (Lipinski definition) is 0. The van der Waals surface area contributed by atoms with Crippen molar-refractivity contribution in [2.45, 2.75) is 98.1 Å². The molecule has 1 aromatic rings. The first-order valence-corrected chi connectivity index (χ1v) is 8.83. The summed E-state index contributed by atoms with van der Waals surface area (Å²) in [7, 11) is 0. The van der Waals surface area contributed by atoms with Gasteiger partial charge in [-0.1, -0.05) is 52.4 Å². The van der Waals surface area contributed by atoms with Crippen LogP contribution in [0.25, 0.3) is 0 Å². The highest BCUT2D eigenvalue weighted by molar-refractivity contribution is 5.02. The summed E-state index contributed by atoms with van der Waals surface area (Å²) in [4.78, 5) is 12.3. The molecule has 0 saturated carbocycles. The Hall–Kier alpha value is -0.990. The van der Waals surface area contributed by atoms with Gasteiger partial charge in [0.15, 0.2) is 0 Å². The van der Waals surface area contributed by atoms with E-state index in [2.05, 4.69) is 39.3 Å². The second kappa shape index (κ2) is 9.11. The molecule has 3 heteroatoms. The van der Waals surface area contributed by atoms with E-state index in [1.54, 1.807) is 6.07 Å². The van der Waals surface area contributed by atoms with Gasteiger partial charge in [0.25, 0.3) is 5.56 Å². The number of unbranched alkanes of at least 4 members (excludes halogenated alkanes) is 4. The zero-order valence-corrected chi connectivity index (χ0v) is 14.7. The van der Waals surface area contributed by atoms with E-state index in [1.165, 1.54) is 38.5 Å². The number of aryl methyl sites for hydroxylation is 1. The summed E-state index contributed by atoms with van der Waals surface area (Å²) in [6.45, 7) is 11.0. The Morgan fingerprint density at radius 3 is 1.86 bits per heavy atom. The van der Waals surface area contributed by atoms with Crippen molar-refractivity contribution in [3.63, 3.8) is 0 Å². The lowest BCUT2D eigenvalue weighted by Gasteiger charge is -2.24. The van der Waals surface area contributed by atoms with Crippen LogP contribution < -0.4 is 5.56 Å². The van der Waals surface area contributed by atoms with Crippen molar-refractivity contribution in [2.24, 2.45) is 0 Å². The van der Waals surface area contributed by atoms with Gasteiger partial charge in [-0.2, -0.15) is 0 Å². The van der Waals surface area contributed by atoms with Crippen LogP contribution in [0.3, 0.4) is 0 Å². The Morgan fingerprint density at radius 2 is 1.38 bits per heavy atom. The van der Waals surface area contributed by atoms with Crippen molar-refractivity contribution in [3.05, 3.63) is 22.1 Å². The predicted octanol–water partition coefficient (Wildman–Crippen LogP) is 5.24. The molecule has 0 spiro atoms. The Labute approximate surface area is 130 Å². The molecule has 21 heavy (non-hydrogen) atoms. The van der Waals surface area contributed by atoms with Crippen LogP contribution in [-0.4, -0.2) is 9.36 Å². The van der Waals surface area contributed by atoms with Gasteiger partial charge in [0.2, 0.25) is 0 Å². The zero-order valence-electron chi connectivity index (χ0n) is 14.7. The third-order valence-electron chi connectivity index (χ3n) is 4.44. The van der Waals surface area contributed by atoms with Gasteiger partial charge in [-0.15, -0.1) is 0 Å². The van der Waals surface area contributed by atoms with Crippen LogP contribution in [0.5, 0.6) is 0 Å². The molecule has 0 amide bonds. The Bertz CT molecular complexity index is 458. The molecule has 1 rings (SSSR count). The van der Waals surface area contributed by atoms with Crippen molar-refractivity contribution < 1.29 is 0 Å². The average Bonchev–Trinajstić information content (AvgIpc) is 2.74. The Morgan fingerprint density at radius 1 is 0.905 bits per heavy atom. The minimum absolute atomic E-state index is 0.166. The summed E-state index contributed by atoms with van der Waals surface area (Å²) in [5, 5.41) is 0. The van der Waals surface area contributed by atoms with E-state index < -0.39 is 0 Å². The lowest BCUT2D eigenvalue weighted by atomic mass is 10.1. The second-order valence-corrected chi connectivity index (χ2v) is 6.50. The molecule has 0 saturated heterocycles. The first-order valence-electron chi connectivity index (χ1n) is 8.83. The number of aromatic nitrogens is 2. The molecule has 0 N–H and O–H groups in total. The van der Waals surface area contributed by atoms with Gasteiger partial charge in [0.05, 0.1) is 6.04 Å². The first-order chi connectivity index (χ1) is 10.0. The molecule has 2 atom stereocenters. The van der Waals surface area contributed by atoms with Crippen LogP contribution in [0.1, 0.15) is 96.8 Å². The third kappa shape index (κ3) is 5.05. The highest BCUT2D eigenvalue weighted by atomic mass is 16.1. The Kier molecular flexibility index (Phi) is 7.84. The van der Waals surface area contributed by atoms with Gasteiger partial charge in [0, 0.05) is 17.8 Å². The second-order valence-electron chi connectivity index (χ2n) is 6.50. The maximum absolute atomic E-state index is 12.3. The summed E-state index contributed by atoms with van der Waals surface area (Å²) in [6.07, 6.45) is 9.72. The molecule has 0 aliphatic heterocycles. The summed E-state index contributed by atoms with van der Waals surface area (Å²) >= 11 is 0. The van der Waals surface area contributed by atoms with Gasteiger partial charge < -0.3 is 0 Å². The molecule has 1 aromatic heterocycles. The van der Waals surface area contributed by atoms with Gasteiger partial charge in [-0.05, 0) is 33.6 Å². The molecule has 0 aromatic carbocycles. The molecule has 0 unspecified atom stereocenters. The standard InChI is InChI=1S/C18H34N2O/c1-6-8-10-12-15(3)19-17(5)14-18(21)20(19)16(4)13-11-9-7-2/h14-16H,6-13H2,1-5H3/t15-,16+/m0/s1. The van der Waals surface area contributed by atoms with Crippen molar-refractivity contribution in [1.82, 2.24) is 9.36 Å². The fourth-order valence-corrected chi connectivity index (χ4v) is 3.20. The summed E-state index contributed by atoms with van der Waals surface area (Å²) < 4.78 is 4.25. The molecule has 1 heterocycles. The van der Waals surface area contributed by atoms with Crippen LogP contribution in [-0.2, 0) is 0 Å². The fraction of sp³-hybridized carbons (Fsp3) is 0.833. The van der Waals surface area contributed by atoms with Gasteiger partial charge in [0.1, 0.15) is 0 Å². The molecular weight excluding hydrogens is 260 g/mol. The molecule has 0 fully saturated rings. The molecule has 0 aliphatic carbocycles. The predicted molar refractivity (Wildman–Crippen MR) is 91.1 cm³/mol. The zero-order chi connectivity index (χ0) is 15.8. The lowest BCUT2D eigenvalue weighted by Crippen LogP contribution is -2.28. The normalized spacial score (nSPS) is 14.3. The van der Waals surface area contributed by atoms with Crippen LogP contribution in [0.4, 0.5) is 0 Å². The monoisotopic (exact) mass is 294 g/mol. The van der Waals surface area contributed by atoms with E-state index >= 15 is 0 Å². The number of hydrogen-bond acceptors (Lipinski definition) is 1. The maximum Gasteiger partial charge on any atom is 0.267 e. The Balaban J connectivity index is 2.85. The quantitative estimate of drug-likeness (QED) is 0.542. The van der Waals surface area contributed by atoms with Gasteiger partial charge >= 0.3 is 0 Å². The van der Waals surface area contributed by atoms with Crippen molar-refractivity contribution in [1.29, 1.82) is 0 Å². The van der Waals surface area contributed by atoms with Crippen LogP contribution in [0.15, 0.2) is 10.9 Å². The topological polar surface area (TPSA) is 26.9 Å². The van der Waals surface area contributed by atoms with E-state index in [4.69, 9.17) is 0 Å². The van der Waals surface area contributed by atoms with Gasteiger partial charge in [-0.3, -0.25) is 9.48 Å². The molecule has 0 aliphatic rings. The van der Waals surface area contributed by atoms with Crippen molar-refractivity contribution in [3.8, 4) is 0 Å². The first kappa shape index (κ1) is 18.1. The summed E-state index contributed by atoms with van der Waals surface area (Å²) in [5.74, 6) is 0. The van der Waals surface area contributed by atoms with Crippen LogP contribution in [0.2, 0.25) is 0 Å². The van der Waals surface area contributed by atoms with Crippen LogP contribution in [0, 0.1) is 6.92 Å². The van der Waals surface area contributed by atoms with Crippen molar-refractivity contribution in [2.75, 3.05) is 0 Å². The average molecular weight is 294 g/mol. The smallest absolute Gasteiger partial charge is 0.267 e. The van der Waals surface area contributed by atoms with E-state index in [0.29, 0.717) is 12.1 Å². The largest absolute Gasteiger partial charge is 0.284 e. The molecule has 122 valence electrons. The minimum atomic E-state index is 0.166. The number of rotatable bonds is 10. The highest BCUT2D eigenvalue weighted by Gasteiger charge is 2.17. The van der Waals surface area contributed by atoms with E-state index in [9.17, 15) is 4.79 Å². The lowest BCUT2D eigenvalue weighted by molar-refractivity contribution is 0.301. The van der Waals surface area contributed by atoms with E-state index in [0.717, 1.165) is 18.5 Å². The van der Waals surface area contributed by atoms with Crippen molar-refractivity contribution >= 4 is 0 Å². The van der Waals surface area contributed by atoms with E-state index in [1.807, 2.05) is 4.68 Å². The minimum Gasteiger partial charge on any atom is -0.284 e. The van der Waals surface area contributed by atoms with E-state index in [-0.39, 0.29) is 5.56 Å². The SMILES string of the molecule is CCCCC[C@@H](C)n1c(=O)cc(C)n1[C@@H](C)CCCCC. The fourth-order valence-electron chi connectivity index (χ4n) is 3.20. The highest BCUT2D eigenvalue weighted by Crippen LogP contribution is 2.21. The molecular formula is C18H34N2O. The van der Waals surface area contributed by atoms with Gasteiger partial charge in [-0.25, -0.2) is 4.68 Å². The van der Waals surface area contributed by atoms with Crippen LogP contribution >= 0.6 is 0 Å². The molecule has 3 nitrogen and oxygen atoms in total. The molecule has 0 radical (unpaired) electrons. The summed E-state index contributed by atoms with van der Waals surface area (Å²) in [6, 6.07) is 2.51. The third-order valence-corrected chi connectivity index (χ3v) is 4.44. The number of nitrogens with zero attached hydrogens (tertiary/aromatic N) is 2.